The fraction of sp³-hybridized carbons (Fsp3) is 0.0455. The molecule has 0 fully saturated rings. The van der Waals surface area contributed by atoms with Gasteiger partial charge in [0, 0.05) is 10.8 Å². The largest absolute Gasteiger partial charge is 0.212 e. The van der Waals surface area contributed by atoms with Crippen LogP contribution in [0.3, 0.4) is 0 Å². The van der Waals surface area contributed by atoms with Crippen molar-refractivity contribution in [3.63, 3.8) is 0 Å². The molecule has 4 nitrogen and oxygen atoms in total. The highest BCUT2D eigenvalue weighted by atomic mass is 35.5. The van der Waals surface area contributed by atoms with Gasteiger partial charge in [-0.2, -0.15) is 9.78 Å². The Labute approximate surface area is 172 Å². The molecule has 0 saturated carbocycles. The molecule has 0 aliphatic carbocycles. The molecular weight excluding hydrogens is 388 g/mol. The molecule has 1 aromatic heterocycles. The highest BCUT2D eigenvalue weighted by Gasteiger charge is 2.05. The topological polar surface area (TPSA) is 43.1 Å². The van der Waals surface area contributed by atoms with Gasteiger partial charge in [-0.1, -0.05) is 90.1 Å². The van der Waals surface area contributed by atoms with E-state index in [-0.39, 0.29) is 0 Å². The van der Waals surface area contributed by atoms with Crippen LogP contribution in [0.25, 0.3) is 11.1 Å². The molecule has 0 aliphatic heterocycles. The van der Waals surface area contributed by atoms with Crippen LogP contribution in [0, 0.1) is 0 Å². The number of hydrogen-bond acceptors (Lipinski definition) is 4. The third kappa shape index (κ3) is 4.68. The zero-order valence-electron chi connectivity index (χ0n) is 14.9. The van der Waals surface area contributed by atoms with Gasteiger partial charge >= 0.3 is 0 Å². The summed E-state index contributed by atoms with van der Waals surface area (Å²) in [7, 11) is 0. The maximum Gasteiger partial charge on any atom is 0.212 e. The van der Waals surface area contributed by atoms with Crippen LogP contribution >= 0.6 is 23.4 Å². The van der Waals surface area contributed by atoms with Crippen LogP contribution in [0.5, 0.6) is 0 Å². The van der Waals surface area contributed by atoms with E-state index in [0.717, 1.165) is 21.5 Å². The lowest BCUT2D eigenvalue weighted by atomic mass is 10.0. The molecule has 4 aromatic rings. The van der Waals surface area contributed by atoms with Crippen molar-refractivity contribution in [3.8, 4) is 11.1 Å². The number of benzene rings is 3. The van der Waals surface area contributed by atoms with E-state index in [1.165, 1.54) is 16.7 Å². The molecule has 0 N–H and O–H groups in total. The van der Waals surface area contributed by atoms with E-state index < -0.39 is 0 Å². The number of nitrogens with zero attached hydrogens (tertiary/aromatic N) is 4. The molecule has 3 aromatic carbocycles. The van der Waals surface area contributed by atoms with Crippen LogP contribution in [0.4, 0.5) is 0 Å². The fourth-order valence-corrected chi connectivity index (χ4v) is 3.59. The number of thioether (sulfide) groups is 1. The van der Waals surface area contributed by atoms with Crippen LogP contribution in [0.1, 0.15) is 11.1 Å². The highest BCUT2D eigenvalue weighted by molar-refractivity contribution is 7.98. The van der Waals surface area contributed by atoms with Crippen molar-refractivity contribution in [3.05, 3.63) is 101 Å². The van der Waals surface area contributed by atoms with Crippen molar-refractivity contribution in [1.29, 1.82) is 0 Å². The monoisotopic (exact) mass is 404 g/mol. The molecule has 138 valence electrons. The summed E-state index contributed by atoms with van der Waals surface area (Å²) >= 11 is 7.51. The molecule has 4 rings (SSSR count). The molecule has 0 aliphatic rings. The van der Waals surface area contributed by atoms with Crippen molar-refractivity contribution in [2.75, 3.05) is 0 Å². The molecule has 0 spiro atoms. The molecule has 28 heavy (non-hydrogen) atoms. The molecular formula is C22H17ClN4S. The van der Waals surface area contributed by atoms with Crippen molar-refractivity contribution >= 4 is 29.6 Å². The Kier molecular flexibility index (Phi) is 5.85. The molecule has 0 amide bonds. The molecule has 0 radical (unpaired) electrons. The average Bonchev–Trinajstić information content (AvgIpc) is 3.20. The van der Waals surface area contributed by atoms with Gasteiger partial charge in [0.15, 0.2) is 0 Å². The number of aromatic nitrogens is 3. The molecule has 0 atom stereocenters. The second-order valence-electron chi connectivity index (χ2n) is 6.11. The maximum atomic E-state index is 5.93. The fourth-order valence-electron chi connectivity index (χ4n) is 2.64. The average molecular weight is 405 g/mol. The zero-order valence-corrected chi connectivity index (χ0v) is 16.5. The first-order chi connectivity index (χ1) is 13.8. The van der Waals surface area contributed by atoms with Gasteiger partial charge in [0.25, 0.3) is 0 Å². The van der Waals surface area contributed by atoms with E-state index in [1.54, 1.807) is 22.8 Å². The third-order valence-electron chi connectivity index (χ3n) is 4.13. The summed E-state index contributed by atoms with van der Waals surface area (Å²) in [6.07, 6.45) is 3.42. The number of rotatable bonds is 6. The van der Waals surface area contributed by atoms with E-state index in [1.807, 2.05) is 48.7 Å². The third-order valence-corrected chi connectivity index (χ3v) is 5.39. The minimum absolute atomic E-state index is 0.736. The van der Waals surface area contributed by atoms with Gasteiger partial charge in [-0.15, -0.1) is 10.2 Å². The summed E-state index contributed by atoms with van der Waals surface area (Å²) in [5, 5.41) is 14.1. The van der Waals surface area contributed by atoms with E-state index in [9.17, 15) is 0 Å². The highest BCUT2D eigenvalue weighted by Crippen LogP contribution is 2.22. The summed E-state index contributed by atoms with van der Waals surface area (Å²) in [6, 6.07) is 26.4. The van der Waals surface area contributed by atoms with Gasteiger partial charge in [0.05, 0.1) is 6.21 Å². The van der Waals surface area contributed by atoms with Gasteiger partial charge in [-0.05, 0) is 34.4 Å². The minimum Gasteiger partial charge on any atom is -0.195 e. The molecule has 6 heteroatoms. The lowest BCUT2D eigenvalue weighted by Gasteiger charge is -2.03. The van der Waals surface area contributed by atoms with Gasteiger partial charge in [0.2, 0.25) is 5.16 Å². The van der Waals surface area contributed by atoms with Crippen LogP contribution in [0.15, 0.2) is 95.4 Å². The smallest absolute Gasteiger partial charge is 0.195 e. The summed E-state index contributed by atoms with van der Waals surface area (Å²) in [4.78, 5) is 0. The summed E-state index contributed by atoms with van der Waals surface area (Å²) in [5.41, 5.74) is 4.57. The standard InChI is InChI=1S/C22H17ClN4S/c23-21-12-8-18(9-13-21)15-28-22-26-24-16-27(22)25-14-17-6-10-20(11-7-17)19-4-2-1-3-5-19/h1-14,16H,15H2/b25-14+. The lowest BCUT2D eigenvalue weighted by Crippen LogP contribution is -1.93. The summed E-state index contributed by atoms with van der Waals surface area (Å²) in [6.45, 7) is 0. The Hall–Kier alpha value is -2.89. The van der Waals surface area contributed by atoms with Crippen molar-refractivity contribution in [1.82, 2.24) is 14.9 Å². The Bertz CT molecular complexity index is 1060. The van der Waals surface area contributed by atoms with Crippen molar-refractivity contribution in [2.24, 2.45) is 5.10 Å². The molecule has 0 saturated heterocycles. The zero-order chi connectivity index (χ0) is 19.2. The lowest BCUT2D eigenvalue weighted by molar-refractivity contribution is 0.767. The van der Waals surface area contributed by atoms with E-state index >= 15 is 0 Å². The first-order valence-corrected chi connectivity index (χ1v) is 10.1. The van der Waals surface area contributed by atoms with Gasteiger partial charge < -0.3 is 0 Å². The van der Waals surface area contributed by atoms with Crippen LogP contribution in [-0.2, 0) is 5.75 Å². The first kappa shape index (κ1) is 18.5. The molecule has 0 bridgehead atoms. The Morgan fingerprint density at radius 3 is 2.36 bits per heavy atom. The maximum absolute atomic E-state index is 5.93. The second-order valence-corrected chi connectivity index (χ2v) is 7.48. The summed E-state index contributed by atoms with van der Waals surface area (Å²) in [5.74, 6) is 0.775. The Morgan fingerprint density at radius 2 is 1.61 bits per heavy atom. The second kappa shape index (κ2) is 8.87. The van der Waals surface area contributed by atoms with E-state index in [4.69, 9.17) is 11.6 Å². The summed E-state index contributed by atoms with van der Waals surface area (Å²) < 4.78 is 1.69. The molecule has 0 unspecified atom stereocenters. The first-order valence-electron chi connectivity index (χ1n) is 8.75. The van der Waals surface area contributed by atoms with E-state index in [2.05, 4.69) is 51.7 Å². The van der Waals surface area contributed by atoms with Crippen LogP contribution in [0.2, 0.25) is 5.02 Å². The quantitative estimate of drug-likeness (QED) is 0.302. The van der Waals surface area contributed by atoms with Crippen LogP contribution in [-0.4, -0.2) is 21.1 Å². The van der Waals surface area contributed by atoms with Crippen molar-refractivity contribution in [2.45, 2.75) is 10.9 Å². The normalized spacial score (nSPS) is 11.2. The van der Waals surface area contributed by atoms with Gasteiger partial charge in [0.1, 0.15) is 6.33 Å². The Morgan fingerprint density at radius 1 is 0.893 bits per heavy atom. The van der Waals surface area contributed by atoms with Crippen molar-refractivity contribution < 1.29 is 0 Å². The minimum atomic E-state index is 0.736. The predicted molar refractivity (Wildman–Crippen MR) is 116 cm³/mol. The van der Waals surface area contributed by atoms with Gasteiger partial charge in [-0.3, -0.25) is 0 Å². The van der Waals surface area contributed by atoms with E-state index in [0.29, 0.717) is 0 Å². The Balaban J connectivity index is 1.42. The SMILES string of the molecule is Clc1ccc(CSc2nncn2/N=C/c2ccc(-c3ccccc3)cc2)cc1. The predicted octanol–water partition coefficient (Wildman–Crippen LogP) is 5.77. The van der Waals surface area contributed by atoms with Crippen LogP contribution < -0.4 is 0 Å². The molecule has 1 heterocycles. The van der Waals surface area contributed by atoms with Gasteiger partial charge in [-0.25, -0.2) is 0 Å². The number of hydrogen-bond donors (Lipinski definition) is 0. The number of halogens is 1.